The average molecular weight is 354 g/mol. The first-order valence-electron chi connectivity index (χ1n) is 7.13. The number of carbonyl (C=O) groups excluding carboxylic acids is 2. The van der Waals surface area contributed by atoms with Gasteiger partial charge in [-0.2, -0.15) is 0 Å². The van der Waals surface area contributed by atoms with E-state index < -0.39 is 5.54 Å². The Balaban J connectivity index is 2.19. The van der Waals surface area contributed by atoms with Crippen LogP contribution < -0.4 is 5.32 Å². The van der Waals surface area contributed by atoms with Crippen LogP contribution in [0.25, 0.3) is 0 Å². The summed E-state index contributed by atoms with van der Waals surface area (Å²) in [5.74, 6) is -0.0143. The first-order valence-corrected chi connectivity index (χ1v) is 7.92. The summed E-state index contributed by atoms with van der Waals surface area (Å²) >= 11 is 3.35. The summed E-state index contributed by atoms with van der Waals surface area (Å²) in [7, 11) is 1.37. The highest BCUT2D eigenvalue weighted by atomic mass is 79.9. The van der Waals surface area contributed by atoms with Crippen molar-refractivity contribution in [1.29, 1.82) is 0 Å². The minimum absolute atomic E-state index is 0.240. The molecule has 0 bridgehead atoms. The van der Waals surface area contributed by atoms with Gasteiger partial charge in [-0.1, -0.05) is 28.9 Å². The third kappa shape index (κ3) is 3.64. The molecule has 1 N–H and O–H groups in total. The quantitative estimate of drug-likeness (QED) is 0.848. The van der Waals surface area contributed by atoms with Crippen molar-refractivity contribution in [2.24, 2.45) is 5.92 Å². The topological polar surface area (TPSA) is 55.4 Å². The fourth-order valence-corrected chi connectivity index (χ4v) is 3.15. The van der Waals surface area contributed by atoms with Crippen molar-refractivity contribution in [3.05, 3.63) is 34.3 Å². The lowest BCUT2D eigenvalue weighted by Crippen LogP contribution is -2.56. The van der Waals surface area contributed by atoms with Crippen LogP contribution in [0, 0.1) is 5.92 Å². The lowest BCUT2D eigenvalue weighted by Gasteiger charge is -2.37. The molecule has 0 aromatic heterocycles. The van der Waals surface area contributed by atoms with Crippen LogP contribution in [0.5, 0.6) is 0 Å². The Morgan fingerprint density at radius 2 is 2.00 bits per heavy atom. The van der Waals surface area contributed by atoms with Crippen molar-refractivity contribution in [1.82, 2.24) is 5.32 Å². The summed E-state index contributed by atoms with van der Waals surface area (Å²) in [6.07, 6.45) is 3.07. The van der Waals surface area contributed by atoms with Gasteiger partial charge in [0.2, 0.25) is 0 Å². The first kappa shape index (κ1) is 16.0. The fourth-order valence-electron chi connectivity index (χ4n) is 2.75. The maximum absolute atomic E-state index is 12.4. The van der Waals surface area contributed by atoms with Crippen LogP contribution in [0.4, 0.5) is 0 Å². The molecule has 1 fully saturated rings. The molecule has 21 heavy (non-hydrogen) atoms. The molecule has 0 heterocycles. The molecule has 0 aliphatic heterocycles. The smallest absolute Gasteiger partial charge is 0.331 e. The second-order valence-corrected chi connectivity index (χ2v) is 6.64. The third-order valence-corrected chi connectivity index (χ3v) is 4.64. The second-order valence-electron chi connectivity index (χ2n) is 5.72. The van der Waals surface area contributed by atoms with Crippen LogP contribution in [0.15, 0.2) is 28.7 Å². The lowest BCUT2D eigenvalue weighted by molar-refractivity contribution is -0.150. The van der Waals surface area contributed by atoms with Gasteiger partial charge in [-0.25, -0.2) is 4.79 Å². The van der Waals surface area contributed by atoms with Crippen LogP contribution in [-0.4, -0.2) is 24.5 Å². The summed E-state index contributed by atoms with van der Waals surface area (Å²) in [4.78, 5) is 24.6. The summed E-state index contributed by atoms with van der Waals surface area (Å²) < 4.78 is 5.76. The number of hydrogen-bond donors (Lipinski definition) is 1. The molecule has 2 rings (SSSR count). The Kier molecular flexibility index (Phi) is 5.04. The third-order valence-electron chi connectivity index (χ3n) is 4.14. The molecule has 1 saturated carbocycles. The predicted octanol–water partition coefficient (Wildman–Crippen LogP) is 3.30. The van der Waals surface area contributed by atoms with Crippen molar-refractivity contribution in [2.75, 3.05) is 7.11 Å². The molecule has 0 atom stereocenters. The van der Waals surface area contributed by atoms with E-state index in [-0.39, 0.29) is 11.9 Å². The Bertz CT molecular complexity index is 536. The summed E-state index contributed by atoms with van der Waals surface area (Å²) in [5.41, 5.74) is -0.355. The minimum atomic E-state index is -0.888. The van der Waals surface area contributed by atoms with Crippen molar-refractivity contribution in [2.45, 2.75) is 38.1 Å². The van der Waals surface area contributed by atoms with Gasteiger partial charge in [0.25, 0.3) is 5.91 Å². The predicted molar refractivity (Wildman–Crippen MR) is 84.0 cm³/mol. The molecule has 1 amide bonds. The van der Waals surface area contributed by atoms with Gasteiger partial charge < -0.3 is 10.1 Å². The maximum atomic E-state index is 12.4. The van der Waals surface area contributed by atoms with E-state index in [9.17, 15) is 9.59 Å². The number of ether oxygens (including phenoxy) is 1. The molecular formula is C16H20BrNO3. The number of hydrogen-bond acceptors (Lipinski definition) is 3. The Hall–Kier alpha value is -1.36. The van der Waals surface area contributed by atoms with E-state index in [4.69, 9.17) is 4.74 Å². The number of esters is 1. The molecular weight excluding hydrogens is 334 g/mol. The number of nitrogens with one attached hydrogen (secondary N) is 1. The monoisotopic (exact) mass is 353 g/mol. The summed E-state index contributed by atoms with van der Waals surface area (Å²) in [6, 6.07) is 7.13. The highest BCUT2D eigenvalue weighted by Crippen LogP contribution is 2.33. The van der Waals surface area contributed by atoms with Gasteiger partial charge in [0.05, 0.1) is 7.11 Å². The summed E-state index contributed by atoms with van der Waals surface area (Å²) in [6.45, 7) is 2.16. The van der Waals surface area contributed by atoms with E-state index in [1.165, 1.54) is 7.11 Å². The highest BCUT2D eigenvalue weighted by Gasteiger charge is 2.43. The van der Waals surface area contributed by atoms with Crippen LogP contribution in [0.3, 0.4) is 0 Å². The lowest BCUT2D eigenvalue weighted by atomic mass is 9.77. The van der Waals surface area contributed by atoms with Gasteiger partial charge in [-0.15, -0.1) is 0 Å². The Labute approximate surface area is 133 Å². The molecule has 1 aliphatic rings. The van der Waals surface area contributed by atoms with Gasteiger partial charge >= 0.3 is 5.97 Å². The average Bonchev–Trinajstić information content (AvgIpc) is 2.49. The number of amides is 1. The highest BCUT2D eigenvalue weighted by molar-refractivity contribution is 9.10. The standard InChI is InChI=1S/C16H20BrNO3/c1-11-6-8-16(9-7-11,15(20)21-2)18-14(19)12-4-3-5-13(17)10-12/h3-5,10-11H,6-9H2,1-2H3,(H,18,19). The molecule has 4 nitrogen and oxygen atoms in total. The van der Waals surface area contributed by atoms with E-state index in [1.54, 1.807) is 18.2 Å². The van der Waals surface area contributed by atoms with E-state index in [0.29, 0.717) is 24.3 Å². The van der Waals surface area contributed by atoms with Crippen LogP contribution in [0.2, 0.25) is 0 Å². The SMILES string of the molecule is COC(=O)C1(NC(=O)c2cccc(Br)c2)CCC(C)CC1. The first-order chi connectivity index (χ1) is 9.97. The van der Waals surface area contributed by atoms with E-state index in [1.807, 2.05) is 6.07 Å². The molecule has 1 aromatic rings. The van der Waals surface area contributed by atoms with E-state index >= 15 is 0 Å². The zero-order valence-electron chi connectivity index (χ0n) is 12.3. The van der Waals surface area contributed by atoms with Crippen LogP contribution in [0.1, 0.15) is 43.0 Å². The summed E-state index contributed by atoms with van der Waals surface area (Å²) in [5, 5.41) is 2.91. The zero-order valence-corrected chi connectivity index (χ0v) is 13.9. The molecule has 5 heteroatoms. The molecule has 114 valence electrons. The number of methoxy groups -OCH3 is 1. The van der Waals surface area contributed by atoms with Crippen LogP contribution in [-0.2, 0) is 9.53 Å². The van der Waals surface area contributed by atoms with Gasteiger partial charge in [-0.3, -0.25) is 4.79 Å². The Morgan fingerprint density at radius 3 is 2.57 bits per heavy atom. The number of benzene rings is 1. The fraction of sp³-hybridized carbons (Fsp3) is 0.500. The molecule has 1 aliphatic carbocycles. The normalized spacial score (nSPS) is 25.2. The number of halogens is 1. The molecule has 1 aromatic carbocycles. The van der Waals surface area contributed by atoms with E-state index in [2.05, 4.69) is 28.2 Å². The van der Waals surface area contributed by atoms with E-state index in [0.717, 1.165) is 17.3 Å². The largest absolute Gasteiger partial charge is 0.467 e. The number of carbonyl (C=O) groups is 2. The number of rotatable bonds is 3. The maximum Gasteiger partial charge on any atom is 0.331 e. The molecule has 0 unspecified atom stereocenters. The molecule has 0 radical (unpaired) electrons. The Morgan fingerprint density at radius 1 is 1.33 bits per heavy atom. The van der Waals surface area contributed by atoms with Crippen molar-refractivity contribution in [3.8, 4) is 0 Å². The van der Waals surface area contributed by atoms with Gasteiger partial charge in [0.15, 0.2) is 0 Å². The van der Waals surface area contributed by atoms with Gasteiger partial charge in [0.1, 0.15) is 5.54 Å². The van der Waals surface area contributed by atoms with Crippen molar-refractivity contribution in [3.63, 3.8) is 0 Å². The second kappa shape index (κ2) is 6.60. The van der Waals surface area contributed by atoms with Crippen LogP contribution >= 0.6 is 15.9 Å². The van der Waals surface area contributed by atoms with Crippen molar-refractivity contribution >= 4 is 27.8 Å². The van der Waals surface area contributed by atoms with Gasteiger partial charge in [0, 0.05) is 10.0 Å². The van der Waals surface area contributed by atoms with Crippen molar-refractivity contribution < 1.29 is 14.3 Å². The molecule has 0 saturated heterocycles. The van der Waals surface area contributed by atoms with Gasteiger partial charge in [-0.05, 0) is 49.8 Å². The molecule has 0 spiro atoms. The zero-order chi connectivity index (χ0) is 15.5. The minimum Gasteiger partial charge on any atom is -0.467 e.